The molecule has 0 amide bonds. The number of ether oxygens (including phenoxy) is 1. The van der Waals surface area contributed by atoms with E-state index < -0.39 is 11.5 Å². The molecule has 0 radical (unpaired) electrons. The van der Waals surface area contributed by atoms with Gasteiger partial charge in [0.2, 0.25) is 0 Å². The van der Waals surface area contributed by atoms with Gasteiger partial charge in [-0.1, -0.05) is 19.1 Å². The Morgan fingerprint density at radius 1 is 1.50 bits per heavy atom. The Hall–Kier alpha value is -1.55. The average Bonchev–Trinajstić information content (AvgIpc) is 2.34. The van der Waals surface area contributed by atoms with E-state index in [1.807, 2.05) is 38.1 Å². The molecule has 1 aromatic rings. The van der Waals surface area contributed by atoms with Gasteiger partial charge in [-0.15, -0.1) is 0 Å². The van der Waals surface area contributed by atoms with Crippen molar-refractivity contribution in [1.82, 2.24) is 5.32 Å². The number of hydrogen-bond acceptors (Lipinski definition) is 3. The molecular formula is C14H21NO3. The lowest BCUT2D eigenvalue weighted by Gasteiger charge is -2.24. The molecule has 4 heteroatoms. The lowest BCUT2D eigenvalue weighted by atomic mass is 9.99. The van der Waals surface area contributed by atoms with Gasteiger partial charge in [-0.3, -0.25) is 10.1 Å². The summed E-state index contributed by atoms with van der Waals surface area (Å²) in [6.07, 6.45) is 0.535. The van der Waals surface area contributed by atoms with Crippen LogP contribution >= 0.6 is 0 Å². The topological polar surface area (TPSA) is 58.6 Å². The van der Waals surface area contributed by atoms with Gasteiger partial charge in [-0.2, -0.15) is 0 Å². The van der Waals surface area contributed by atoms with Crippen LogP contribution in [0.25, 0.3) is 0 Å². The molecule has 0 aliphatic heterocycles. The normalized spacial score (nSPS) is 13.9. The van der Waals surface area contributed by atoms with Crippen LogP contribution in [0.1, 0.15) is 25.8 Å². The van der Waals surface area contributed by atoms with Gasteiger partial charge in [0, 0.05) is 6.54 Å². The van der Waals surface area contributed by atoms with E-state index in [2.05, 4.69) is 5.32 Å². The zero-order valence-electron chi connectivity index (χ0n) is 11.2. The Balaban J connectivity index is 2.37. The lowest BCUT2D eigenvalue weighted by molar-refractivity contribution is -0.144. The Kier molecular flexibility index (Phi) is 5.16. The summed E-state index contributed by atoms with van der Waals surface area (Å²) in [6, 6.07) is 7.79. The first-order valence-electron chi connectivity index (χ1n) is 6.16. The van der Waals surface area contributed by atoms with Crippen LogP contribution in [0.4, 0.5) is 0 Å². The molecule has 0 aromatic heterocycles. The van der Waals surface area contributed by atoms with Gasteiger partial charge >= 0.3 is 5.97 Å². The Morgan fingerprint density at radius 3 is 2.78 bits per heavy atom. The zero-order valence-corrected chi connectivity index (χ0v) is 11.2. The molecule has 2 N–H and O–H groups in total. The fourth-order valence-electron chi connectivity index (χ4n) is 1.55. The highest BCUT2D eigenvalue weighted by molar-refractivity contribution is 5.78. The zero-order chi connectivity index (χ0) is 13.6. The molecular weight excluding hydrogens is 230 g/mol. The number of carboxylic acids is 1. The third kappa shape index (κ3) is 4.04. The molecule has 0 saturated carbocycles. The quantitative estimate of drug-likeness (QED) is 0.729. The molecule has 100 valence electrons. The average molecular weight is 251 g/mol. The molecule has 1 atom stereocenters. The van der Waals surface area contributed by atoms with Crippen LogP contribution in [0.5, 0.6) is 5.75 Å². The highest BCUT2D eigenvalue weighted by atomic mass is 16.5. The Morgan fingerprint density at radius 2 is 2.22 bits per heavy atom. The standard InChI is InChI=1S/C14H21NO3/c1-4-14(3,13(16)17)15-8-9-18-12-7-5-6-11(2)10-12/h5-7,10,15H,4,8-9H2,1-3H3,(H,16,17). The molecule has 0 bridgehead atoms. The van der Waals surface area contributed by atoms with Crippen molar-refractivity contribution in [2.45, 2.75) is 32.7 Å². The number of hydrogen-bond donors (Lipinski definition) is 2. The van der Waals surface area contributed by atoms with Crippen molar-refractivity contribution in [3.05, 3.63) is 29.8 Å². The van der Waals surface area contributed by atoms with Gasteiger partial charge in [0.15, 0.2) is 0 Å². The van der Waals surface area contributed by atoms with Crippen LogP contribution in [0, 0.1) is 6.92 Å². The molecule has 0 aliphatic carbocycles. The minimum Gasteiger partial charge on any atom is -0.492 e. The van der Waals surface area contributed by atoms with Gasteiger partial charge < -0.3 is 9.84 Å². The number of carboxylic acid groups (broad SMARTS) is 1. The maximum atomic E-state index is 11.1. The predicted octanol–water partition coefficient (Wildman–Crippen LogP) is 2.22. The summed E-state index contributed by atoms with van der Waals surface area (Å²) in [5.74, 6) is -0.0223. The smallest absolute Gasteiger partial charge is 0.323 e. The van der Waals surface area contributed by atoms with E-state index in [0.717, 1.165) is 11.3 Å². The van der Waals surface area contributed by atoms with E-state index in [9.17, 15) is 4.79 Å². The molecule has 0 spiro atoms. The van der Waals surface area contributed by atoms with Crippen LogP contribution in [-0.2, 0) is 4.79 Å². The maximum Gasteiger partial charge on any atom is 0.323 e. The summed E-state index contributed by atoms with van der Waals surface area (Å²) in [7, 11) is 0. The maximum absolute atomic E-state index is 11.1. The number of aryl methyl sites for hydroxylation is 1. The van der Waals surface area contributed by atoms with Crippen molar-refractivity contribution in [2.75, 3.05) is 13.2 Å². The van der Waals surface area contributed by atoms with Gasteiger partial charge in [-0.25, -0.2) is 0 Å². The number of aliphatic carboxylic acids is 1. The highest BCUT2D eigenvalue weighted by Crippen LogP contribution is 2.12. The second kappa shape index (κ2) is 6.40. The molecule has 1 rings (SSSR count). The first-order valence-corrected chi connectivity index (χ1v) is 6.16. The van der Waals surface area contributed by atoms with Crippen LogP contribution in [-0.4, -0.2) is 29.8 Å². The summed E-state index contributed by atoms with van der Waals surface area (Å²) in [5.41, 5.74) is 0.264. The van der Waals surface area contributed by atoms with Crippen LogP contribution in [0.2, 0.25) is 0 Å². The van der Waals surface area contributed by atoms with E-state index in [0.29, 0.717) is 19.6 Å². The summed E-state index contributed by atoms with van der Waals surface area (Å²) < 4.78 is 5.55. The van der Waals surface area contributed by atoms with Gasteiger partial charge in [0.1, 0.15) is 17.9 Å². The molecule has 0 fully saturated rings. The largest absolute Gasteiger partial charge is 0.492 e. The van der Waals surface area contributed by atoms with Crippen LogP contribution in [0.3, 0.4) is 0 Å². The van der Waals surface area contributed by atoms with E-state index in [4.69, 9.17) is 9.84 Å². The SMILES string of the molecule is CCC(C)(NCCOc1cccc(C)c1)C(=O)O. The Labute approximate surface area is 108 Å². The second-order valence-corrected chi connectivity index (χ2v) is 4.58. The molecule has 18 heavy (non-hydrogen) atoms. The van der Waals surface area contributed by atoms with E-state index in [-0.39, 0.29) is 0 Å². The van der Waals surface area contributed by atoms with Crippen molar-refractivity contribution < 1.29 is 14.6 Å². The van der Waals surface area contributed by atoms with E-state index >= 15 is 0 Å². The fourth-order valence-corrected chi connectivity index (χ4v) is 1.55. The first-order chi connectivity index (χ1) is 8.48. The lowest BCUT2D eigenvalue weighted by Crippen LogP contribution is -2.50. The third-order valence-electron chi connectivity index (χ3n) is 3.05. The summed E-state index contributed by atoms with van der Waals surface area (Å²) >= 11 is 0. The van der Waals surface area contributed by atoms with Gasteiger partial charge in [0.25, 0.3) is 0 Å². The highest BCUT2D eigenvalue weighted by Gasteiger charge is 2.29. The van der Waals surface area contributed by atoms with Crippen molar-refractivity contribution in [1.29, 1.82) is 0 Å². The van der Waals surface area contributed by atoms with Crippen LogP contribution in [0.15, 0.2) is 24.3 Å². The Bertz CT molecular complexity index is 406. The van der Waals surface area contributed by atoms with Crippen molar-refractivity contribution >= 4 is 5.97 Å². The van der Waals surface area contributed by atoms with Gasteiger partial charge in [-0.05, 0) is 38.0 Å². The van der Waals surface area contributed by atoms with E-state index in [1.165, 1.54) is 0 Å². The minimum atomic E-state index is -0.879. The third-order valence-corrected chi connectivity index (χ3v) is 3.05. The number of rotatable bonds is 7. The minimum absolute atomic E-state index is 0.451. The number of carbonyl (C=O) groups is 1. The summed E-state index contributed by atoms with van der Waals surface area (Å²) in [6.45, 7) is 6.49. The first kappa shape index (κ1) is 14.5. The molecule has 1 unspecified atom stereocenters. The number of nitrogens with one attached hydrogen (secondary N) is 1. The summed E-state index contributed by atoms with van der Waals surface area (Å²) in [5, 5.41) is 12.1. The summed E-state index contributed by atoms with van der Waals surface area (Å²) in [4.78, 5) is 11.1. The van der Waals surface area contributed by atoms with E-state index in [1.54, 1.807) is 6.92 Å². The van der Waals surface area contributed by atoms with Crippen molar-refractivity contribution in [3.63, 3.8) is 0 Å². The molecule has 4 nitrogen and oxygen atoms in total. The van der Waals surface area contributed by atoms with Crippen molar-refractivity contribution in [2.24, 2.45) is 0 Å². The molecule has 0 aliphatic rings. The molecule has 0 heterocycles. The number of benzene rings is 1. The molecule has 1 aromatic carbocycles. The predicted molar refractivity (Wildman–Crippen MR) is 71.0 cm³/mol. The molecule has 0 saturated heterocycles. The van der Waals surface area contributed by atoms with Gasteiger partial charge in [0.05, 0.1) is 0 Å². The second-order valence-electron chi connectivity index (χ2n) is 4.58. The monoisotopic (exact) mass is 251 g/mol. The van der Waals surface area contributed by atoms with Crippen LogP contribution < -0.4 is 10.1 Å². The fraction of sp³-hybridized carbons (Fsp3) is 0.500. The van der Waals surface area contributed by atoms with Crippen molar-refractivity contribution in [3.8, 4) is 5.75 Å².